The zero-order chi connectivity index (χ0) is 11.5. The van der Waals surface area contributed by atoms with Crippen molar-refractivity contribution in [1.82, 2.24) is 15.1 Å². The van der Waals surface area contributed by atoms with Crippen LogP contribution in [0.3, 0.4) is 0 Å². The lowest BCUT2D eigenvalue weighted by atomic mass is 10.2. The molecule has 2 fully saturated rings. The van der Waals surface area contributed by atoms with Crippen LogP contribution < -0.4 is 5.32 Å². The molecule has 0 spiro atoms. The van der Waals surface area contributed by atoms with Crippen LogP contribution in [0.1, 0.15) is 6.92 Å². The predicted molar refractivity (Wildman–Crippen MR) is 57.0 cm³/mol. The third-order valence-corrected chi connectivity index (χ3v) is 2.96. The molecule has 0 aliphatic carbocycles. The first-order chi connectivity index (χ1) is 7.69. The fraction of sp³-hybridized carbons (Fsp3) is 0.800. The van der Waals surface area contributed by atoms with Gasteiger partial charge in [0.05, 0.1) is 19.3 Å². The van der Waals surface area contributed by atoms with E-state index in [0.29, 0.717) is 13.2 Å². The molecule has 0 radical (unpaired) electrons. The molecule has 2 heterocycles. The first-order valence-corrected chi connectivity index (χ1v) is 5.61. The maximum absolute atomic E-state index is 11.3. The van der Waals surface area contributed by atoms with Gasteiger partial charge >= 0.3 is 6.03 Å². The Morgan fingerprint density at radius 2 is 2.31 bits per heavy atom. The Bertz CT molecular complexity index is 295. The van der Waals surface area contributed by atoms with Gasteiger partial charge in [0.1, 0.15) is 6.54 Å². The normalized spacial score (nSPS) is 27.3. The molecule has 6 heteroatoms. The van der Waals surface area contributed by atoms with Crippen molar-refractivity contribution in [1.29, 1.82) is 0 Å². The molecule has 0 aromatic carbocycles. The number of morpholine rings is 1. The summed E-state index contributed by atoms with van der Waals surface area (Å²) in [5, 5.41) is 2.26. The summed E-state index contributed by atoms with van der Waals surface area (Å²) in [6.07, 6.45) is 0.0188. The molecule has 0 saturated carbocycles. The van der Waals surface area contributed by atoms with E-state index in [1.165, 1.54) is 4.90 Å². The van der Waals surface area contributed by atoms with Gasteiger partial charge in [-0.2, -0.15) is 0 Å². The molecule has 0 bridgehead atoms. The zero-order valence-corrected chi connectivity index (χ0v) is 9.44. The maximum Gasteiger partial charge on any atom is 0.324 e. The fourth-order valence-corrected chi connectivity index (χ4v) is 2.05. The van der Waals surface area contributed by atoms with Crippen molar-refractivity contribution in [3.8, 4) is 0 Å². The minimum atomic E-state index is -0.303. The van der Waals surface area contributed by atoms with Gasteiger partial charge in [-0.25, -0.2) is 4.79 Å². The van der Waals surface area contributed by atoms with Gasteiger partial charge in [0.15, 0.2) is 0 Å². The van der Waals surface area contributed by atoms with E-state index in [4.69, 9.17) is 4.74 Å². The standard InChI is InChI=1S/C10H17N3O3/c1-2-12-3-4-16-8(5-12)6-13-7-9(14)11-10(13)15/h8H,2-7H2,1H3,(H,11,14,15). The molecular formula is C10H17N3O3. The summed E-state index contributed by atoms with van der Waals surface area (Å²) in [6, 6.07) is -0.303. The largest absolute Gasteiger partial charge is 0.374 e. The topological polar surface area (TPSA) is 61.9 Å². The number of nitrogens with zero attached hydrogens (tertiary/aromatic N) is 2. The van der Waals surface area contributed by atoms with Crippen molar-refractivity contribution >= 4 is 11.9 Å². The smallest absolute Gasteiger partial charge is 0.324 e. The van der Waals surface area contributed by atoms with Gasteiger partial charge in [-0.1, -0.05) is 6.92 Å². The van der Waals surface area contributed by atoms with Gasteiger partial charge in [0.2, 0.25) is 5.91 Å². The minimum Gasteiger partial charge on any atom is -0.374 e. The van der Waals surface area contributed by atoms with Gasteiger partial charge in [-0.15, -0.1) is 0 Å². The quantitative estimate of drug-likeness (QED) is 0.645. The summed E-state index contributed by atoms with van der Waals surface area (Å²) in [4.78, 5) is 26.1. The van der Waals surface area contributed by atoms with E-state index in [9.17, 15) is 9.59 Å². The number of urea groups is 1. The van der Waals surface area contributed by atoms with E-state index in [0.717, 1.165) is 19.6 Å². The minimum absolute atomic E-state index is 0.0188. The van der Waals surface area contributed by atoms with Crippen LogP contribution in [0, 0.1) is 0 Å². The summed E-state index contributed by atoms with van der Waals surface area (Å²) in [7, 11) is 0. The zero-order valence-electron chi connectivity index (χ0n) is 9.44. The first kappa shape index (κ1) is 11.3. The Kier molecular flexibility index (Phi) is 3.40. The molecule has 2 aliphatic rings. The molecule has 2 rings (SSSR count). The Morgan fingerprint density at radius 3 is 2.94 bits per heavy atom. The number of amides is 3. The highest BCUT2D eigenvalue weighted by molar-refractivity contribution is 6.01. The third kappa shape index (κ3) is 2.51. The summed E-state index contributed by atoms with van der Waals surface area (Å²) in [5.41, 5.74) is 0. The SMILES string of the molecule is CCN1CCOC(CN2CC(=O)NC2=O)C1. The summed E-state index contributed by atoms with van der Waals surface area (Å²) >= 11 is 0. The summed E-state index contributed by atoms with van der Waals surface area (Å²) in [6.45, 7) is 6.22. The van der Waals surface area contributed by atoms with Gasteiger partial charge < -0.3 is 9.64 Å². The number of imide groups is 1. The predicted octanol–water partition coefficient (Wildman–Crippen LogP) is -0.741. The van der Waals surface area contributed by atoms with Gasteiger partial charge in [0, 0.05) is 13.1 Å². The Balaban J connectivity index is 1.85. The van der Waals surface area contributed by atoms with Crippen LogP contribution in [0.15, 0.2) is 0 Å². The second kappa shape index (κ2) is 4.80. The molecule has 2 aliphatic heterocycles. The number of nitrogens with one attached hydrogen (secondary N) is 1. The molecule has 16 heavy (non-hydrogen) atoms. The number of carbonyl (C=O) groups is 2. The number of carbonyl (C=O) groups excluding carboxylic acids is 2. The van der Waals surface area contributed by atoms with Crippen LogP contribution in [-0.2, 0) is 9.53 Å². The molecular weight excluding hydrogens is 210 g/mol. The van der Waals surface area contributed by atoms with Crippen molar-refractivity contribution in [2.24, 2.45) is 0 Å². The highest BCUT2D eigenvalue weighted by Gasteiger charge is 2.30. The van der Waals surface area contributed by atoms with Crippen LogP contribution in [-0.4, -0.2) is 67.2 Å². The van der Waals surface area contributed by atoms with E-state index in [-0.39, 0.29) is 24.6 Å². The molecule has 3 amide bonds. The number of likely N-dealkylation sites (N-methyl/N-ethyl adjacent to an activating group) is 1. The van der Waals surface area contributed by atoms with E-state index < -0.39 is 0 Å². The summed E-state index contributed by atoms with van der Waals surface area (Å²) < 4.78 is 5.58. The Morgan fingerprint density at radius 1 is 1.50 bits per heavy atom. The fourth-order valence-electron chi connectivity index (χ4n) is 2.05. The first-order valence-electron chi connectivity index (χ1n) is 5.61. The van der Waals surface area contributed by atoms with Crippen molar-refractivity contribution in [2.75, 3.05) is 39.3 Å². The van der Waals surface area contributed by atoms with E-state index in [1.54, 1.807) is 0 Å². The maximum atomic E-state index is 11.3. The molecule has 1 unspecified atom stereocenters. The van der Waals surface area contributed by atoms with E-state index in [1.807, 2.05) is 0 Å². The molecule has 1 N–H and O–H groups in total. The number of ether oxygens (including phenoxy) is 1. The third-order valence-electron chi connectivity index (χ3n) is 2.96. The molecule has 90 valence electrons. The second-order valence-corrected chi connectivity index (χ2v) is 4.12. The number of hydrogen-bond donors (Lipinski definition) is 1. The average molecular weight is 227 g/mol. The van der Waals surface area contributed by atoms with Crippen molar-refractivity contribution in [2.45, 2.75) is 13.0 Å². The van der Waals surface area contributed by atoms with Crippen molar-refractivity contribution in [3.63, 3.8) is 0 Å². The van der Waals surface area contributed by atoms with Crippen LogP contribution in [0.4, 0.5) is 4.79 Å². The average Bonchev–Trinajstić information content (AvgIpc) is 2.58. The highest BCUT2D eigenvalue weighted by Crippen LogP contribution is 2.08. The van der Waals surface area contributed by atoms with Crippen molar-refractivity contribution < 1.29 is 14.3 Å². The van der Waals surface area contributed by atoms with Crippen LogP contribution in [0.2, 0.25) is 0 Å². The van der Waals surface area contributed by atoms with Crippen LogP contribution >= 0.6 is 0 Å². The van der Waals surface area contributed by atoms with Crippen LogP contribution in [0.25, 0.3) is 0 Å². The van der Waals surface area contributed by atoms with Gasteiger partial charge in [0.25, 0.3) is 0 Å². The molecule has 1 atom stereocenters. The summed E-state index contributed by atoms with van der Waals surface area (Å²) in [5.74, 6) is -0.229. The molecule has 0 aromatic heterocycles. The lowest BCUT2D eigenvalue weighted by molar-refractivity contribution is -0.118. The number of rotatable bonds is 3. The van der Waals surface area contributed by atoms with Gasteiger partial charge in [-0.05, 0) is 6.54 Å². The van der Waals surface area contributed by atoms with E-state index in [2.05, 4.69) is 17.1 Å². The van der Waals surface area contributed by atoms with Crippen LogP contribution in [0.5, 0.6) is 0 Å². The van der Waals surface area contributed by atoms with Gasteiger partial charge in [-0.3, -0.25) is 15.0 Å². The lowest BCUT2D eigenvalue weighted by Gasteiger charge is -2.33. The van der Waals surface area contributed by atoms with E-state index >= 15 is 0 Å². The highest BCUT2D eigenvalue weighted by atomic mass is 16.5. The molecule has 6 nitrogen and oxygen atoms in total. The Labute approximate surface area is 94.5 Å². The molecule has 2 saturated heterocycles. The molecule has 0 aromatic rings. The number of hydrogen-bond acceptors (Lipinski definition) is 4. The van der Waals surface area contributed by atoms with Crippen molar-refractivity contribution in [3.05, 3.63) is 0 Å². The lowest BCUT2D eigenvalue weighted by Crippen LogP contribution is -2.48. The second-order valence-electron chi connectivity index (χ2n) is 4.12. The monoisotopic (exact) mass is 227 g/mol. The Hall–Kier alpha value is -1.14.